The molecule has 0 atom stereocenters. The Hall–Kier alpha value is -1.84. The van der Waals surface area contributed by atoms with E-state index in [0.717, 1.165) is 12.1 Å². The first-order chi connectivity index (χ1) is 6.36. The lowest BCUT2D eigenvalue weighted by atomic mass is 10.3. The van der Waals surface area contributed by atoms with Gasteiger partial charge in [-0.15, -0.1) is 0 Å². The van der Waals surface area contributed by atoms with Crippen LogP contribution in [0.1, 0.15) is 5.56 Å². The third-order valence-electron chi connectivity index (χ3n) is 1.82. The smallest absolute Gasteiger partial charge is 0.200 e. The van der Waals surface area contributed by atoms with E-state index < -0.39 is 0 Å². The van der Waals surface area contributed by atoms with Crippen molar-refractivity contribution in [2.45, 2.75) is 6.54 Å². The van der Waals surface area contributed by atoms with E-state index in [1.807, 2.05) is 29.1 Å². The summed E-state index contributed by atoms with van der Waals surface area (Å²) in [6, 6.07) is 3.91. The Kier molecular flexibility index (Phi) is 1.96. The van der Waals surface area contributed by atoms with E-state index in [9.17, 15) is 0 Å². The fourth-order valence-electron chi connectivity index (χ4n) is 1.16. The molecule has 0 spiro atoms. The van der Waals surface area contributed by atoms with Crippen molar-refractivity contribution in [3.63, 3.8) is 0 Å². The number of aromatic nitrogens is 3. The molecule has 0 bridgehead atoms. The second kappa shape index (κ2) is 3.26. The van der Waals surface area contributed by atoms with Gasteiger partial charge in [0, 0.05) is 24.8 Å². The zero-order valence-corrected chi connectivity index (χ0v) is 7.09. The molecular weight excluding hydrogens is 164 g/mol. The highest BCUT2D eigenvalue weighted by molar-refractivity contribution is 5.20. The van der Waals surface area contributed by atoms with Gasteiger partial charge >= 0.3 is 0 Å². The molecule has 66 valence electrons. The van der Waals surface area contributed by atoms with Crippen LogP contribution >= 0.6 is 0 Å². The monoisotopic (exact) mass is 174 g/mol. The highest BCUT2D eigenvalue weighted by Crippen LogP contribution is 2.04. The van der Waals surface area contributed by atoms with Gasteiger partial charge in [0.25, 0.3) is 0 Å². The standard InChI is InChI=1S/C9H10N4/c10-9-12-4-5-13(9)7-8-2-1-3-11-6-8/h1-6H,7H2,(H2,10,12). The quantitative estimate of drug-likeness (QED) is 0.736. The molecule has 0 saturated carbocycles. The average molecular weight is 174 g/mol. The minimum absolute atomic E-state index is 0.531. The number of hydrogen-bond acceptors (Lipinski definition) is 3. The Morgan fingerprint density at radius 2 is 2.31 bits per heavy atom. The van der Waals surface area contributed by atoms with Crippen molar-refractivity contribution in [2.75, 3.05) is 5.73 Å². The summed E-state index contributed by atoms with van der Waals surface area (Å²) >= 11 is 0. The van der Waals surface area contributed by atoms with Crippen molar-refractivity contribution in [2.24, 2.45) is 0 Å². The van der Waals surface area contributed by atoms with Crippen molar-refractivity contribution in [3.05, 3.63) is 42.5 Å². The number of rotatable bonds is 2. The Bertz CT molecular complexity index is 380. The molecule has 0 amide bonds. The van der Waals surface area contributed by atoms with Crippen LogP contribution < -0.4 is 5.73 Å². The summed E-state index contributed by atoms with van der Waals surface area (Å²) in [7, 11) is 0. The largest absolute Gasteiger partial charge is 0.369 e. The van der Waals surface area contributed by atoms with Gasteiger partial charge in [0.05, 0.1) is 6.54 Å². The van der Waals surface area contributed by atoms with Crippen molar-refractivity contribution in [1.29, 1.82) is 0 Å². The molecule has 0 aromatic carbocycles. The summed E-state index contributed by atoms with van der Waals surface area (Å²) in [4.78, 5) is 7.95. The van der Waals surface area contributed by atoms with Gasteiger partial charge in [-0.2, -0.15) is 0 Å². The lowest BCUT2D eigenvalue weighted by Gasteiger charge is -2.03. The van der Waals surface area contributed by atoms with Crippen molar-refractivity contribution in [1.82, 2.24) is 14.5 Å². The third kappa shape index (κ3) is 1.66. The molecule has 0 aliphatic heterocycles. The maximum absolute atomic E-state index is 5.62. The molecule has 13 heavy (non-hydrogen) atoms. The first-order valence-electron chi connectivity index (χ1n) is 4.02. The van der Waals surface area contributed by atoms with Crippen LogP contribution in [0, 0.1) is 0 Å². The van der Waals surface area contributed by atoms with Crippen LogP contribution in [0.5, 0.6) is 0 Å². The highest BCUT2D eigenvalue weighted by atomic mass is 15.1. The molecule has 4 heteroatoms. The first kappa shape index (κ1) is 7.79. The Morgan fingerprint density at radius 1 is 1.38 bits per heavy atom. The second-order valence-electron chi connectivity index (χ2n) is 2.77. The summed E-state index contributed by atoms with van der Waals surface area (Å²) < 4.78 is 1.87. The number of anilines is 1. The summed E-state index contributed by atoms with van der Waals surface area (Å²) in [6.45, 7) is 0.722. The van der Waals surface area contributed by atoms with E-state index >= 15 is 0 Å². The van der Waals surface area contributed by atoms with Crippen LogP contribution in [0.3, 0.4) is 0 Å². The maximum Gasteiger partial charge on any atom is 0.200 e. The van der Waals surface area contributed by atoms with Crippen LogP contribution in [0.25, 0.3) is 0 Å². The molecule has 2 N–H and O–H groups in total. The molecular formula is C9H10N4. The second-order valence-corrected chi connectivity index (χ2v) is 2.77. The van der Waals surface area contributed by atoms with Crippen LogP contribution in [0.2, 0.25) is 0 Å². The van der Waals surface area contributed by atoms with E-state index in [4.69, 9.17) is 5.73 Å². The predicted octanol–water partition coefficient (Wildman–Crippen LogP) is 0.909. The van der Waals surface area contributed by atoms with Gasteiger partial charge in [-0.1, -0.05) is 6.07 Å². The normalized spacial score (nSPS) is 10.2. The average Bonchev–Trinajstić information content (AvgIpc) is 2.54. The fourth-order valence-corrected chi connectivity index (χ4v) is 1.16. The lowest BCUT2D eigenvalue weighted by Crippen LogP contribution is -2.03. The van der Waals surface area contributed by atoms with Gasteiger partial charge in [-0.25, -0.2) is 4.98 Å². The first-order valence-corrected chi connectivity index (χ1v) is 4.02. The number of hydrogen-bond donors (Lipinski definition) is 1. The number of imidazole rings is 1. The molecule has 0 radical (unpaired) electrons. The van der Waals surface area contributed by atoms with Gasteiger partial charge in [0.2, 0.25) is 0 Å². The molecule has 0 saturated heterocycles. The molecule has 0 aliphatic rings. The zero-order valence-electron chi connectivity index (χ0n) is 7.09. The predicted molar refractivity (Wildman–Crippen MR) is 50.0 cm³/mol. The molecule has 0 aliphatic carbocycles. The molecule has 2 aromatic rings. The van der Waals surface area contributed by atoms with Crippen LogP contribution in [0.4, 0.5) is 5.95 Å². The zero-order chi connectivity index (χ0) is 9.10. The van der Waals surface area contributed by atoms with Crippen LogP contribution in [-0.2, 0) is 6.54 Å². The minimum atomic E-state index is 0.531. The highest BCUT2D eigenvalue weighted by Gasteiger charge is 1.97. The molecule has 0 fully saturated rings. The van der Waals surface area contributed by atoms with Gasteiger partial charge in [0.1, 0.15) is 0 Å². The Balaban J connectivity index is 2.20. The molecule has 2 heterocycles. The van der Waals surface area contributed by atoms with Crippen LogP contribution in [0.15, 0.2) is 36.9 Å². The van der Waals surface area contributed by atoms with E-state index in [1.54, 1.807) is 12.4 Å². The lowest BCUT2D eigenvalue weighted by molar-refractivity contribution is 0.806. The van der Waals surface area contributed by atoms with Gasteiger partial charge < -0.3 is 10.3 Å². The SMILES string of the molecule is Nc1nccn1Cc1cccnc1. The van der Waals surface area contributed by atoms with Crippen LogP contribution in [-0.4, -0.2) is 14.5 Å². The van der Waals surface area contributed by atoms with Crippen molar-refractivity contribution < 1.29 is 0 Å². The fraction of sp³-hybridized carbons (Fsp3) is 0.111. The topological polar surface area (TPSA) is 56.7 Å². The third-order valence-corrected chi connectivity index (χ3v) is 1.82. The summed E-state index contributed by atoms with van der Waals surface area (Å²) in [5, 5.41) is 0. The molecule has 0 unspecified atom stereocenters. The number of nitrogen functional groups attached to an aromatic ring is 1. The van der Waals surface area contributed by atoms with E-state index in [2.05, 4.69) is 9.97 Å². The van der Waals surface area contributed by atoms with E-state index in [1.165, 1.54) is 0 Å². The molecule has 4 nitrogen and oxygen atoms in total. The van der Waals surface area contributed by atoms with Gasteiger partial charge in [0.15, 0.2) is 5.95 Å². The van der Waals surface area contributed by atoms with Crippen molar-refractivity contribution >= 4 is 5.95 Å². The van der Waals surface area contributed by atoms with E-state index in [-0.39, 0.29) is 0 Å². The van der Waals surface area contributed by atoms with Gasteiger partial charge in [-0.05, 0) is 11.6 Å². The number of pyridine rings is 1. The number of nitrogens with zero attached hydrogens (tertiary/aromatic N) is 3. The Labute approximate surface area is 76.1 Å². The maximum atomic E-state index is 5.62. The summed E-state index contributed by atoms with van der Waals surface area (Å²) in [6.07, 6.45) is 7.11. The Morgan fingerprint density at radius 3 is 2.92 bits per heavy atom. The van der Waals surface area contributed by atoms with Crippen molar-refractivity contribution in [3.8, 4) is 0 Å². The minimum Gasteiger partial charge on any atom is -0.369 e. The summed E-state index contributed by atoms with van der Waals surface area (Å²) in [5.74, 6) is 0.531. The summed E-state index contributed by atoms with van der Waals surface area (Å²) in [5.41, 5.74) is 6.74. The van der Waals surface area contributed by atoms with E-state index in [0.29, 0.717) is 5.95 Å². The number of nitrogens with two attached hydrogens (primary N) is 1. The van der Waals surface area contributed by atoms with Gasteiger partial charge in [-0.3, -0.25) is 4.98 Å². The molecule has 2 aromatic heterocycles. The molecule has 2 rings (SSSR count).